The second-order valence-electron chi connectivity index (χ2n) is 8.21. The summed E-state index contributed by atoms with van der Waals surface area (Å²) >= 11 is 0. The first-order valence-electron chi connectivity index (χ1n) is 11.1. The lowest BCUT2D eigenvalue weighted by Gasteiger charge is -2.35. The summed E-state index contributed by atoms with van der Waals surface area (Å²) in [6.07, 6.45) is 2.49. The zero-order valence-corrected chi connectivity index (χ0v) is 18.1. The Morgan fingerprint density at radius 3 is 2.62 bits per heavy atom. The number of pyridine rings is 1. The van der Waals surface area contributed by atoms with Gasteiger partial charge in [-0.3, -0.25) is 4.90 Å². The van der Waals surface area contributed by atoms with Crippen LogP contribution in [0.1, 0.15) is 28.0 Å². The lowest BCUT2D eigenvalue weighted by atomic mass is 9.94. The number of anilines is 2. The van der Waals surface area contributed by atoms with Gasteiger partial charge in [0.05, 0.1) is 31.6 Å². The van der Waals surface area contributed by atoms with Crippen LogP contribution in [0.15, 0.2) is 53.1 Å². The number of fused-ring (bicyclic) bond motifs is 1. The van der Waals surface area contributed by atoms with Crippen LogP contribution in [0.5, 0.6) is 0 Å². The molecule has 5 rings (SSSR count). The highest BCUT2D eigenvalue weighted by Gasteiger charge is 2.28. The fourth-order valence-electron chi connectivity index (χ4n) is 4.52. The fraction of sp³-hybridized carbons (Fsp3) is 0.360. The molecule has 3 aromatic rings. The summed E-state index contributed by atoms with van der Waals surface area (Å²) in [7, 11) is 0. The van der Waals surface area contributed by atoms with Gasteiger partial charge in [-0.15, -0.1) is 0 Å². The van der Waals surface area contributed by atoms with E-state index in [1.165, 1.54) is 11.1 Å². The summed E-state index contributed by atoms with van der Waals surface area (Å²) in [5.74, 6) is 2.43. The summed E-state index contributed by atoms with van der Waals surface area (Å²) in [6, 6.07) is 16.8. The fourth-order valence-corrected chi connectivity index (χ4v) is 4.52. The minimum Gasteiger partial charge on any atom is -0.467 e. The van der Waals surface area contributed by atoms with Crippen LogP contribution < -0.4 is 10.2 Å². The molecule has 0 saturated carbocycles. The zero-order valence-electron chi connectivity index (χ0n) is 18.1. The molecule has 1 aromatic carbocycles. The molecule has 0 aliphatic carbocycles. The number of nitrogens with zero attached hydrogens (tertiary/aromatic N) is 4. The quantitative estimate of drug-likeness (QED) is 0.642. The maximum absolute atomic E-state index is 10.0. The first-order chi connectivity index (χ1) is 15.8. The highest BCUT2D eigenvalue weighted by Crippen LogP contribution is 2.34. The molecule has 0 bridgehead atoms. The van der Waals surface area contributed by atoms with Gasteiger partial charge in [-0.05, 0) is 29.7 Å². The number of nitrogens with one attached hydrogen (secondary N) is 1. The second-order valence-corrected chi connectivity index (χ2v) is 8.21. The Labute approximate surface area is 188 Å². The van der Waals surface area contributed by atoms with Gasteiger partial charge in [0.15, 0.2) is 0 Å². The van der Waals surface area contributed by atoms with Crippen LogP contribution in [0, 0.1) is 11.3 Å². The third-order valence-electron chi connectivity index (χ3n) is 6.13. The molecule has 164 valence electrons. The van der Waals surface area contributed by atoms with E-state index in [9.17, 15) is 5.26 Å². The maximum Gasteiger partial charge on any atom is 0.147 e. The van der Waals surface area contributed by atoms with Crippen molar-refractivity contribution < 1.29 is 9.15 Å². The molecule has 1 saturated heterocycles. The average molecular weight is 430 g/mol. The molecule has 7 nitrogen and oxygen atoms in total. The van der Waals surface area contributed by atoms with Gasteiger partial charge >= 0.3 is 0 Å². The summed E-state index contributed by atoms with van der Waals surface area (Å²) < 4.78 is 11.0. The Morgan fingerprint density at radius 2 is 1.88 bits per heavy atom. The van der Waals surface area contributed by atoms with Gasteiger partial charge in [0.25, 0.3) is 0 Å². The van der Waals surface area contributed by atoms with E-state index in [0.29, 0.717) is 31.1 Å². The van der Waals surface area contributed by atoms with Gasteiger partial charge in [0.1, 0.15) is 23.5 Å². The topological polar surface area (TPSA) is 77.6 Å². The third-order valence-corrected chi connectivity index (χ3v) is 6.13. The van der Waals surface area contributed by atoms with Gasteiger partial charge in [0, 0.05) is 38.3 Å². The maximum atomic E-state index is 10.0. The highest BCUT2D eigenvalue weighted by molar-refractivity contribution is 5.67. The van der Waals surface area contributed by atoms with Crippen LogP contribution >= 0.6 is 0 Å². The van der Waals surface area contributed by atoms with Crippen LogP contribution in [0.25, 0.3) is 0 Å². The predicted octanol–water partition coefficient (Wildman–Crippen LogP) is 3.55. The van der Waals surface area contributed by atoms with Crippen LogP contribution in [-0.4, -0.2) is 42.7 Å². The molecule has 2 aliphatic heterocycles. The van der Waals surface area contributed by atoms with Gasteiger partial charge < -0.3 is 19.4 Å². The van der Waals surface area contributed by atoms with Gasteiger partial charge in [-0.2, -0.15) is 5.26 Å². The Kier molecular flexibility index (Phi) is 6.06. The number of benzene rings is 1. The normalized spacial score (nSPS) is 16.4. The van der Waals surface area contributed by atoms with E-state index >= 15 is 0 Å². The Bertz CT molecular complexity index is 1090. The van der Waals surface area contributed by atoms with Gasteiger partial charge in [-0.1, -0.05) is 30.3 Å². The first kappa shape index (κ1) is 20.6. The Balaban J connectivity index is 1.48. The predicted molar refractivity (Wildman–Crippen MR) is 122 cm³/mol. The van der Waals surface area contributed by atoms with Crippen molar-refractivity contribution in [1.82, 2.24) is 9.88 Å². The number of morpholine rings is 1. The Hall–Kier alpha value is -3.34. The lowest BCUT2D eigenvalue weighted by molar-refractivity contribution is 0.122. The van der Waals surface area contributed by atoms with Crippen LogP contribution in [0.2, 0.25) is 0 Å². The van der Waals surface area contributed by atoms with Crippen molar-refractivity contribution in [2.24, 2.45) is 0 Å². The zero-order chi connectivity index (χ0) is 21.8. The van der Waals surface area contributed by atoms with Crippen molar-refractivity contribution in [2.45, 2.75) is 26.1 Å². The molecular formula is C25H27N5O2. The molecule has 2 aliphatic rings. The molecule has 32 heavy (non-hydrogen) atoms. The van der Waals surface area contributed by atoms with E-state index in [1.54, 1.807) is 6.26 Å². The van der Waals surface area contributed by atoms with Crippen molar-refractivity contribution >= 4 is 11.6 Å². The van der Waals surface area contributed by atoms with Crippen molar-refractivity contribution in [1.29, 1.82) is 5.26 Å². The van der Waals surface area contributed by atoms with Crippen LogP contribution in [0.4, 0.5) is 11.6 Å². The summed E-state index contributed by atoms with van der Waals surface area (Å²) in [6.45, 7) is 6.10. The molecule has 1 N–H and O–H groups in total. The summed E-state index contributed by atoms with van der Waals surface area (Å²) in [4.78, 5) is 9.73. The molecule has 0 unspecified atom stereocenters. The molecule has 0 atom stereocenters. The molecule has 4 heterocycles. The second kappa shape index (κ2) is 9.43. The van der Waals surface area contributed by atoms with Crippen LogP contribution in [0.3, 0.4) is 0 Å². The van der Waals surface area contributed by atoms with Crippen molar-refractivity contribution in [2.75, 3.05) is 43.1 Å². The summed E-state index contributed by atoms with van der Waals surface area (Å²) in [5.41, 5.74) is 4.25. The van der Waals surface area contributed by atoms with E-state index in [2.05, 4.69) is 45.5 Å². The molecule has 0 amide bonds. The monoisotopic (exact) mass is 429 g/mol. The molecule has 0 radical (unpaired) electrons. The molecule has 1 fully saturated rings. The minimum atomic E-state index is 0.496. The number of hydrogen-bond donors (Lipinski definition) is 1. The number of furan rings is 1. The van der Waals surface area contributed by atoms with E-state index in [-0.39, 0.29) is 0 Å². The number of aromatic nitrogens is 1. The summed E-state index contributed by atoms with van der Waals surface area (Å²) in [5, 5.41) is 13.4. The highest BCUT2D eigenvalue weighted by atomic mass is 16.5. The number of hydrogen-bond acceptors (Lipinski definition) is 7. The van der Waals surface area contributed by atoms with E-state index in [1.807, 2.05) is 18.2 Å². The first-order valence-corrected chi connectivity index (χ1v) is 11.1. The SMILES string of the molecule is N#Cc1c(NCc2ccco2)nc(N2CCOCC2)c2c1CCN(Cc1ccccc1)C2. The molecular weight excluding hydrogens is 402 g/mol. The molecule has 7 heteroatoms. The van der Waals surface area contributed by atoms with Gasteiger partial charge in [0.2, 0.25) is 0 Å². The average Bonchev–Trinajstić information content (AvgIpc) is 3.37. The molecule has 0 spiro atoms. The minimum absolute atomic E-state index is 0.496. The smallest absolute Gasteiger partial charge is 0.147 e. The van der Waals surface area contributed by atoms with E-state index in [0.717, 1.165) is 56.3 Å². The van der Waals surface area contributed by atoms with Crippen molar-refractivity contribution in [3.8, 4) is 6.07 Å². The number of nitriles is 1. The van der Waals surface area contributed by atoms with Crippen molar-refractivity contribution in [3.63, 3.8) is 0 Å². The van der Waals surface area contributed by atoms with Gasteiger partial charge in [-0.25, -0.2) is 4.98 Å². The largest absolute Gasteiger partial charge is 0.467 e. The molecule has 2 aromatic heterocycles. The Morgan fingerprint density at radius 1 is 1.03 bits per heavy atom. The lowest BCUT2D eigenvalue weighted by Crippen LogP contribution is -2.39. The number of ether oxygens (including phenoxy) is 1. The van der Waals surface area contributed by atoms with Crippen molar-refractivity contribution in [3.05, 3.63) is 76.7 Å². The number of rotatable bonds is 6. The van der Waals surface area contributed by atoms with E-state index < -0.39 is 0 Å². The standard InChI is InChI=1S/C25H27N5O2/c26-15-22-21-8-9-29(17-19-5-2-1-3-6-19)18-23(21)25(30-10-13-31-14-11-30)28-24(22)27-16-20-7-4-12-32-20/h1-7,12H,8-11,13-14,16-18H2,(H,27,28). The van der Waals surface area contributed by atoms with E-state index in [4.69, 9.17) is 14.1 Å². The van der Waals surface area contributed by atoms with Crippen LogP contribution in [-0.2, 0) is 30.8 Å². The third kappa shape index (κ3) is 4.33.